The van der Waals surface area contributed by atoms with Crippen LogP contribution in [0.1, 0.15) is 37.6 Å². The van der Waals surface area contributed by atoms with Gasteiger partial charge in [0.15, 0.2) is 11.4 Å². The van der Waals surface area contributed by atoms with Gasteiger partial charge in [-0.25, -0.2) is 9.48 Å². The monoisotopic (exact) mass is 288 g/mol. The van der Waals surface area contributed by atoms with E-state index in [2.05, 4.69) is 15.5 Å². The second kappa shape index (κ2) is 4.83. The van der Waals surface area contributed by atoms with E-state index in [9.17, 15) is 9.90 Å². The number of aromatic nitrogens is 4. The largest absolute Gasteiger partial charge is 0.493 e. The molecule has 110 valence electrons. The third kappa shape index (κ3) is 2.14. The lowest BCUT2D eigenvalue weighted by Crippen LogP contribution is -2.38. The molecule has 0 amide bonds. The second-order valence-corrected chi connectivity index (χ2v) is 5.54. The van der Waals surface area contributed by atoms with Gasteiger partial charge >= 0.3 is 5.97 Å². The molecule has 7 heteroatoms. The summed E-state index contributed by atoms with van der Waals surface area (Å²) in [4.78, 5) is 11.5. The Labute approximate surface area is 121 Å². The van der Waals surface area contributed by atoms with Crippen LogP contribution in [0.4, 0.5) is 0 Å². The van der Waals surface area contributed by atoms with E-state index in [4.69, 9.17) is 4.74 Å². The summed E-state index contributed by atoms with van der Waals surface area (Å²) in [6.45, 7) is 3.73. The Kier molecular flexibility index (Phi) is 3.12. The zero-order valence-corrected chi connectivity index (χ0v) is 11.9. The number of aliphatic carboxylic acids is 1. The molecule has 1 aliphatic rings. The maximum atomic E-state index is 11.5. The van der Waals surface area contributed by atoms with Gasteiger partial charge in [0.1, 0.15) is 5.75 Å². The molecule has 1 aromatic carbocycles. The van der Waals surface area contributed by atoms with E-state index < -0.39 is 11.5 Å². The number of tetrazole rings is 1. The van der Waals surface area contributed by atoms with Crippen molar-refractivity contribution in [3.8, 4) is 5.75 Å². The molecule has 7 nitrogen and oxygen atoms in total. The SMILES string of the molecule is CC(C)(C(=O)O)n1nnnc1C1CCOc2ccccc21. The fourth-order valence-electron chi connectivity index (χ4n) is 2.51. The van der Waals surface area contributed by atoms with E-state index in [1.165, 1.54) is 4.68 Å². The minimum absolute atomic E-state index is 0.0661. The number of rotatable bonds is 3. The first-order valence-corrected chi connectivity index (χ1v) is 6.75. The van der Waals surface area contributed by atoms with Crippen LogP contribution >= 0.6 is 0 Å². The number of hydrogen-bond acceptors (Lipinski definition) is 5. The van der Waals surface area contributed by atoms with E-state index in [1.54, 1.807) is 13.8 Å². The van der Waals surface area contributed by atoms with Gasteiger partial charge in [-0.1, -0.05) is 18.2 Å². The number of nitrogens with zero attached hydrogens (tertiary/aromatic N) is 4. The highest BCUT2D eigenvalue weighted by Gasteiger charge is 2.37. The maximum Gasteiger partial charge on any atom is 0.331 e. The molecule has 0 saturated carbocycles. The maximum absolute atomic E-state index is 11.5. The van der Waals surface area contributed by atoms with Crippen molar-refractivity contribution in [2.75, 3.05) is 6.61 Å². The molecule has 2 heterocycles. The van der Waals surface area contributed by atoms with Crippen LogP contribution in [0.25, 0.3) is 0 Å². The van der Waals surface area contributed by atoms with E-state index in [-0.39, 0.29) is 5.92 Å². The Bertz CT molecular complexity index is 680. The minimum atomic E-state index is -1.20. The number of para-hydroxylation sites is 1. The van der Waals surface area contributed by atoms with Crippen LogP contribution < -0.4 is 4.74 Å². The number of carbonyl (C=O) groups is 1. The quantitative estimate of drug-likeness (QED) is 0.918. The Morgan fingerprint density at radius 2 is 2.19 bits per heavy atom. The van der Waals surface area contributed by atoms with Crippen LogP contribution in [-0.4, -0.2) is 37.9 Å². The van der Waals surface area contributed by atoms with Gasteiger partial charge in [0.2, 0.25) is 0 Å². The number of hydrogen-bond donors (Lipinski definition) is 1. The number of carboxylic acids is 1. The highest BCUT2D eigenvalue weighted by atomic mass is 16.5. The first-order valence-electron chi connectivity index (χ1n) is 6.75. The lowest BCUT2D eigenvalue weighted by Gasteiger charge is -2.28. The molecule has 1 unspecified atom stereocenters. The summed E-state index contributed by atoms with van der Waals surface area (Å²) in [6.07, 6.45) is 0.715. The molecule has 21 heavy (non-hydrogen) atoms. The fourth-order valence-corrected chi connectivity index (χ4v) is 2.51. The molecule has 0 radical (unpaired) electrons. The van der Waals surface area contributed by atoms with Gasteiger partial charge in [0, 0.05) is 5.56 Å². The van der Waals surface area contributed by atoms with Gasteiger partial charge in [0.05, 0.1) is 12.5 Å². The molecule has 1 aliphatic heterocycles. The smallest absolute Gasteiger partial charge is 0.331 e. The topological polar surface area (TPSA) is 90.1 Å². The van der Waals surface area contributed by atoms with Crippen molar-refractivity contribution >= 4 is 5.97 Å². The molecular formula is C14H16N4O3. The predicted molar refractivity (Wildman–Crippen MR) is 73.2 cm³/mol. The number of carboxylic acid groups (broad SMARTS) is 1. The van der Waals surface area contributed by atoms with Crippen molar-refractivity contribution in [3.63, 3.8) is 0 Å². The zero-order valence-electron chi connectivity index (χ0n) is 11.9. The van der Waals surface area contributed by atoms with E-state index in [1.807, 2.05) is 24.3 Å². The number of benzene rings is 1. The molecule has 0 saturated heterocycles. The van der Waals surface area contributed by atoms with Crippen LogP contribution in [0, 0.1) is 0 Å². The molecule has 0 fully saturated rings. The summed E-state index contributed by atoms with van der Waals surface area (Å²) in [6, 6.07) is 7.70. The summed E-state index contributed by atoms with van der Waals surface area (Å²) in [7, 11) is 0. The van der Waals surface area contributed by atoms with Crippen LogP contribution in [0.15, 0.2) is 24.3 Å². The first kappa shape index (κ1) is 13.5. The van der Waals surface area contributed by atoms with Crippen molar-refractivity contribution in [3.05, 3.63) is 35.7 Å². The molecule has 3 rings (SSSR count). The lowest BCUT2D eigenvalue weighted by molar-refractivity contribution is -0.146. The van der Waals surface area contributed by atoms with Crippen LogP contribution in [-0.2, 0) is 10.3 Å². The van der Waals surface area contributed by atoms with E-state index in [0.717, 1.165) is 11.3 Å². The molecule has 0 aliphatic carbocycles. The van der Waals surface area contributed by atoms with Gasteiger partial charge < -0.3 is 9.84 Å². The van der Waals surface area contributed by atoms with Crippen molar-refractivity contribution in [1.29, 1.82) is 0 Å². The predicted octanol–water partition coefficient (Wildman–Crippen LogP) is 1.41. The molecular weight excluding hydrogens is 272 g/mol. The van der Waals surface area contributed by atoms with E-state index >= 15 is 0 Å². The van der Waals surface area contributed by atoms with Gasteiger partial charge in [-0.05, 0) is 36.8 Å². The Morgan fingerprint density at radius 1 is 1.43 bits per heavy atom. The number of ether oxygens (including phenoxy) is 1. The fraction of sp³-hybridized carbons (Fsp3) is 0.429. The van der Waals surface area contributed by atoms with Crippen molar-refractivity contribution < 1.29 is 14.6 Å². The standard InChI is InChI=1S/C14H16N4O3/c1-14(2,13(19)20)18-12(15-16-17-18)10-7-8-21-11-6-4-3-5-9(10)11/h3-6,10H,7-8H2,1-2H3,(H,19,20). The Hall–Kier alpha value is -2.44. The molecule has 2 aromatic rings. The van der Waals surface area contributed by atoms with Gasteiger partial charge in [-0.3, -0.25) is 0 Å². The van der Waals surface area contributed by atoms with Crippen molar-refractivity contribution in [2.24, 2.45) is 0 Å². The van der Waals surface area contributed by atoms with Crippen LogP contribution in [0.3, 0.4) is 0 Å². The molecule has 1 atom stereocenters. The second-order valence-electron chi connectivity index (χ2n) is 5.54. The lowest BCUT2D eigenvalue weighted by atomic mass is 9.91. The average molecular weight is 288 g/mol. The number of fused-ring (bicyclic) bond motifs is 1. The van der Waals surface area contributed by atoms with Crippen molar-refractivity contribution in [1.82, 2.24) is 20.2 Å². The Balaban J connectivity index is 2.08. The summed E-state index contributed by atoms with van der Waals surface area (Å²) >= 11 is 0. The molecule has 1 aromatic heterocycles. The van der Waals surface area contributed by atoms with Crippen molar-refractivity contribution in [2.45, 2.75) is 31.7 Å². The van der Waals surface area contributed by atoms with Crippen LogP contribution in [0.5, 0.6) is 5.75 Å². The average Bonchev–Trinajstić information content (AvgIpc) is 2.96. The zero-order chi connectivity index (χ0) is 15.0. The highest BCUT2D eigenvalue weighted by Crippen LogP contribution is 2.37. The third-order valence-electron chi connectivity index (χ3n) is 3.82. The third-order valence-corrected chi connectivity index (χ3v) is 3.82. The molecule has 1 N–H and O–H groups in total. The summed E-state index contributed by atoms with van der Waals surface area (Å²) in [5, 5.41) is 21.0. The normalized spacial score (nSPS) is 17.9. The minimum Gasteiger partial charge on any atom is -0.493 e. The summed E-state index contributed by atoms with van der Waals surface area (Å²) < 4.78 is 7.02. The van der Waals surface area contributed by atoms with E-state index in [0.29, 0.717) is 18.9 Å². The summed E-state index contributed by atoms with van der Waals surface area (Å²) in [5.74, 6) is 0.314. The Morgan fingerprint density at radius 3 is 2.95 bits per heavy atom. The first-order chi connectivity index (χ1) is 10.0. The van der Waals surface area contributed by atoms with Gasteiger partial charge in [0.25, 0.3) is 0 Å². The highest BCUT2D eigenvalue weighted by molar-refractivity contribution is 5.75. The van der Waals surface area contributed by atoms with Gasteiger partial charge in [-0.15, -0.1) is 5.10 Å². The molecule has 0 spiro atoms. The van der Waals surface area contributed by atoms with Gasteiger partial charge in [-0.2, -0.15) is 0 Å². The summed E-state index contributed by atoms with van der Waals surface area (Å²) in [5.41, 5.74) is -0.215. The molecule has 0 bridgehead atoms. The van der Waals surface area contributed by atoms with Crippen LogP contribution in [0.2, 0.25) is 0 Å².